The van der Waals surface area contributed by atoms with Crippen molar-refractivity contribution in [1.29, 1.82) is 0 Å². The Balaban J connectivity index is 1.94. The van der Waals surface area contributed by atoms with E-state index in [9.17, 15) is 0 Å². The Morgan fingerprint density at radius 2 is 2.06 bits per heavy atom. The largest absolute Gasteiger partial charge is 0.340 e. The molecule has 2 rings (SSSR count). The van der Waals surface area contributed by atoms with Gasteiger partial charge in [0.15, 0.2) is 5.82 Å². The van der Waals surface area contributed by atoms with Crippen LogP contribution in [0.5, 0.6) is 0 Å². The standard InChI is InChI=1S/C13H17N3OS/c1-9(14-3)11-4-6-12(7-5-11)18-8-13-15-10(2)17-16-13/h4-7,9,14H,8H2,1-3H3. The lowest BCUT2D eigenvalue weighted by atomic mass is 10.1. The molecule has 96 valence electrons. The number of thioether (sulfide) groups is 1. The van der Waals surface area contributed by atoms with E-state index in [-0.39, 0.29) is 0 Å². The number of hydrogen-bond acceptors (Lipinski definition) is 5. The van der Waals surface area contributed by atoms with Gasteiger partial charge in [0.1, 0.15) is 0 Å². The summed E-state index contributed by atoms with van der Waals surface area (Å²) >= 11 is 1.71. The van der Waals surface area contributed by atoms with Crippen LogP contribution in [0.15, 0.2) is 33.7 Å². The first-order valence-corrected chi connectivity index (χ1v) is 6.87. The van der Waals surface area contributed by atoms with E-state index < -0.39 is 0 Å². The summed E-state index contributed by atoms with van der Waals surface area (Å²) < 4.78 is 4.94. The highest BCUT2D eigenvalue weighted by atomic mass is 32.2. The maximum absolute atomic E-state index is 4.94. The van der Waals surface area contributed by atoms with Crippen LogP contribution in [0.1, 0.15) is 30.2 Å². The molecule has 4 nitrogen and oxygen atoms in total. The molecule has 1 aromatic heterocycles. The molecule has 0 spiro atoms. The molecule has 5 heteroatoms. The summed E-state index contributed by atoms with van der Waals surface area (Å²) in [6, 6.07) is 8.92. The van der Waals surface area contributed by atoms with Crippen molar-refractivity contribution in [3.05, 3.63) is 41.5 Å². The highest BCUT2D eigenvalue weighted by Gasteiger charge is 2.05. The van der Waals surface area contributed by atoms with E-state index in [0.29, 0.717) is 11.9 Å². The van der Waals surface area contributed by atoms with E-state index in [1.165, 1.54) is 10.5 Å². The number of rotatable bonds is 5. The van der Waals surface area contributed by atoms with Gasteiger partial charge in [0, 0.05) is 17.9 Å². The van der Waals surface area contributed by atoms with Crippen LogP contribution in [0.4, 0.5) is 0 Å². The van der Waals surface area contributed by atoms with Gasteiger partial charge >= 0.3 is 0 Å². The monoisotopic (exact) mass is 263 g/mol. The van der Waals surface area contributed by atoms with Crippen LogP contribution in [-0.2, 0) is 5.75 Å². The van der Waals surface area contributed by atoms with Gasteiger partial charge in [-0.1, -0.05) is 17.3 Å². The van der Waals surface area contributed by atoms with Crippen LogP contribution in [0, 0.1) is 6.92 Å². The highest BCUT2D eigenvalue weighted by molar-refractivity contribution is 7.98. The van der Waals surface area contributed by atoms with Crippen molar-refractivity contribution >= 4 is 11.8 Å². The Morgan fingerprint density at radius 3 is 2.61 bits per heavy atom. The molecule has 0 saturated carbocycles. The van der Waals surface area contributed by atoms with Crippen molar-refractivity contribution in [3.63, 3.8) is 0 Å². The minimum absolute atomic E-state index is 0.379. The predicted molar refractivity (Wildman–Crippen MR) is 72.5 cm³/mol. The third kappa shape index (κ3) is 3.34. The number of aromatic nitrogens is 2. The molecular formula is C13H17N3OS. The van der Waals surface area contributed by atoms with E-state index >= 15 is 0 Å². The topological polar surface area (TPSA) is 51.0 Å². The quantitative estimate of drug-likeness (QED) is 0.840. The van der Waals surface area contributed by atoms with E-state index in [4.69, 9.17) is 4.52 Å². The summed E-state index contributed by atoms with van der Waals surface area (Å²) in [4.78, 5) is 5.39. The Morgan fingerprint density at radius 1 is 1.33 bits per heavy atom. The van der Waals surface area contributed by atoms with E-state index in [1.807, 2.05) is 7.05 Å². The van der Waals surface area contributed by atoms with Gasteiger partial charge in [-0.15, -0.1) is 11.8 Å². The average molecular weight is 263 g/mol. The van der Waals surface area contributed by atoms with Crippen molar-refractivity contribution in [2.75, 3.05) is 7.05 Å². The molecule has 1 heterocycles. The summed E-state index contributed by atoms with van der Waals surface area (Å²) in [7, 11) is 1.96. The first kappa shape index (κ1) is 13.1. The summed E-state index contributed by atoms with van der Waals surface area (Å²) in [5.41, 5.74) is 1.29. The smallest absolute Gasteiger partial charge is 0.223 e. The number of nitrogens with zero attached hydrogens (tertiary/aromatic N) is 2. The van der Waals surface area contributed by atoms with Crippen molar-refractivity contribution in [1.82, 2.24) is 15.5 Å². The molecule has 0 bridgehead atoms. The fraction of sp³-hybridized carbons (Fsp3) is 0.385. The van der Waals surface area contributed by atoms with Gasteiger partial charge in [0.25, 0.3) is 0 Å². The SMILES string of the molecule is CNC(C)c1ccc(SCc2noc(C)n2)cc1. The minimum atomic E-state index is 0.379. The Kier molecular flexibility index (Phi) is 4.38. The fourth-order valence-corrected chi connectivity index (χ4v) is 2.31. The van der Waals surface area contributed by atoms with Gasteiger partial charge < -0.3 is 9.84 Å². The molecule has 18 heavy (non-hydrogen) atoms. The van der Waals surface area contributed by atoms with Crippen LogP contribution in [-0.4, -0.2) is 17.2 Å². The third-order valence-electron chi connectivity index (χ3n) is 2.75. The predicted octanol–water partition coefficient (Wildman–Crippen LogP) is 2.95. The van der Waals surface area contributed by atoms with E-state index in [1.54, 1.807) is 18.7 Å². The number of hydrogen-bond donors (Lipinski definition) is 1. The van der Waals surface area contributed by atoms with Crippen LogP contribution in [0.2, 0.25) is 0 Å². The molecule has 1 aromatic carbocycles. The number of nitrogens with one attached hydrogen (secondary N) is 1. The van der Waals surface area contributed by atoms with Crippen molar-refractivity contribution in [2.24, 2.45) is 0 Å². The third-order valence-corrected chi connectivity index (χ3v) is 3.76. The van der Waals surface area contributed by atoms with Gasteiger partial charge in [-0.05, 0) is 31.7 Å². The van der Waals surface area contributed by atoms with Crippen molar-refractivity contribution in [3.8, 4) is 0 Å². The molecule has 0 aliphatic heterocycles. The zero-order valence-electron chi connectivity index (χ0n) is 10.8. The molecule has 1 atom stereocenters. The first-order valence-electron chi connectivity index (χ1n) is 5.88. The van der Waals surface area contributed by atoms with Crippen LogP contribution >= 0.6 is 11.8 Å². The van der Waals surface area contributed by atoms with Crippen molar-refractivity contribution in [2.45, 2.75) is 30.5 Å². The lowest BCUT2D eigenvalue weighted by Crippen LogP contribution is -2.11. The summed E-state index contributed by atoms with van der Waals surface area (Å²) in [5.74, 6) is 2.09. The Hall–Kier alpha value is -1.33. The van der Waals surface area contributed by atoms with Gasteiger partial charge in [-0.2, -0.15) is 4.98 Å². The number of benzene rings is 1. The molecule has 0 saturated heterocycles. The molecule has 0 fully saturated rings. The molecule has 0 aliphatic rings. The zero-order chi connectivity index (χ0) is 13.0. The van der Waals surface area contributed by atoms with E-state index in [2.05, 4.69) is 46.6 Å². The second-order valence-corrected chi connectivity index (χ2v) is 5.15. The van der Waals surface area contributed by atoms with Crippen LogP contribution < -0.4 is 5.32 Å². The van der Waals surface area contributed by atoms with Gasteiger partial charge in [0.05, 0.1) is 5.75 Å². The Labute approximate surface area is 111 Å². The second kappa shape index (κ2) is 6.02. The summed E-state index contributed by atoms with van der Waals surface area (Å²) in [6.45, 7) is 3.94. The Bertz CT molecular complexity index is 495. The molecule has 2 aromatic rings. The van der Waals surface area contributed by atoms with Crippen molar-refractivity contribution < 1.29 is 4.52 Å². The second-order valence-electron chi connectivity index (χ2n) is 4.10. The maximum atomic E-state index is 4.94. The highest BCUT2D eigenvalue weighted by Crippen LogP contribution is 2.23. The average Bonchev–Trinajstić information content (AvgIpc) is 2.82. The van der Waals surface area contributed by atoms with Gasteiger partial charge in [-0.3, -0.25) is 0 Å². The first-order chi connectivity index (χ1) is 8.69. The lowest BCUT2D eigenvalue weighted by molar-refractivity contribution is 0.389. The van der Waals surface area contributed by atoms with E-state index in [0.717, 1.165) is 11.6 Å². The van der Waals surface area contributed by atoms with Gasteiger partial charge in [-0.25, -0.2) is 0 Å². The fourth-order valence-electron chi connectivity index (χ4n) is 1.57. The van der Waals surface area contributed by atoms with Gasteiger partial charge in [0.2, 0.25) is 5.89 Å². The molecule has 0 aliphatic carbocycles. The summed E-state index contributed by atoms with van der Waals surface area (Å²) in [5, 5.41) is 7.10. The molecule has 0 radical (unpaired) electrons. The maximum Gasteiger partial charge on any atom is 0.223 e. The van der Waals surface area contributed by atoms with Crippen LogP contribution in [0.3, 0.4) is 0 Å². The molecule has 0 amide bonds. The molecular weight excluding hydrogens is 246 g/mol. The number of aryl methyl sites for hydroxylation is 1. The summed E-state index contributed by atoms with van der Waals surface area (Å²) in [6.07, 6.45) is 0. The normalized spacial score (nSPS) is 12.6. The minimum Gasteiger partial charge on any atom is -0.340 e. The molecule has 1 unspecified atom stereocenters. The van der Waals surface area contributed by atoms with Crippen LogP contribution in [0.25, 0.3) is 0 Å². The lowest BCUT2D eigenvalue weighted by Gasteiger charge is -2.10. The molecule has 1 N–H and O–H groups in total. The zero-order valence-corrected chi connectivity index (χ0v) is 11.6.